The van der Waals surface area contributed by atoms with Gasteiger partial charge in [-0.1, -0.05) is 23.7 Å². The van der Waals surface area contributed by atoms with Crippen molar-refractivity contribution in [3.8, 4) is 0 Å². The van der Waals surface area contributed by atoms with Crippen molar-refractivity contribution < 1.29 is 4.79 Å². The Labute approximate surface area is 113 Å². The highest BCUT2D eigenvalue weighted by atomic mass is 35.5. The summed E-state index contributed by atoms with van der Waals surface area (Å²) in [6.07, 6.45) is 2.89. The highest BCUT2D eigenvalue weighted by Gasteiger charge is 2.16. The number of likely N-dealkylation sites (tertiary alicyclic amines) is 1. The van der Waals surface area contributed by atoms with E-state index in [1.807, 2.05) is 29.2 Å². The summed E-state index contributed by atoms with van der Waals surface area (Å²) >= 11 is 5.91. The number of hydrogen-bond acceptors (Lipinski definition) is 2. The minimum absolute atomic E-state index is 0.270. The fourth-order valence-electron chi connectivity index (χ4n) is 2.20. The molecule has 0 bridgehead atoms. The lowest BCUT2D eigenvalue weighted by atomic mass is 10.2. The highest BCUT2D eigenvalue weighted by molar-refractivity contribution is 6.30. The van der Waals surface area contributed by atoms with E-state index < -0.39 is 0 Å². The summed E-state index contributed by atoms with van der Waals surface area (Å²) < 4.78 is 0. The Bertz CT molecular complexity index is 403. The van der Waals surface area contributed by atoms with Gasteiger partial charge in [-0.2, -0.15) is 0 Å². The molecule has 1 heterocycles. The first kappa shape index (κ1) is 13.4. The van der Waals surface area contributed by atoms with Crippen LogP contribution in [0.4, 0.5) is 0 Å². The number of hydrogen-bond donors (Lipinski definition) is 1. The highest BCUT2D eigenvalue weighted by Crippen LogP contribution is 2.10. The normalized spacial score (nSPS) is 15.1. The van der Waals surface area contributed by atoms with E-state index in [0.717, 1.165) is 49.6 Å². The molecule has 18 heavy (non-hydrogen) atoms. The van der Waals surface area contributed by atoms with Crippen molar-refractivity contribution in [1.82, 2.24) is 10.2 Å². The number of amides is 1. The van der Waals surface area contributed by atoms with Gasteiger partial charge in [0.15, 0.2) is 0 Å². The lowest BCUT2D eigenvalue weighted by Gasteiger charge is -2.15. The maximum absolute atomic E-state index is 11.8. The molecule has 0 spiro atoms. The molecule has 1 amide bonds. The lowest BCUT2D eigenvalue weighted by Crippen LogP contribution is -2.30. The average Bonchev–Trinajstić information content (AvgIpc) is 2.88. The summed E-state index contributed by atoms with van der Waals surface area (Å²) in [6, 6.07) is 7.77. The minimum atomic E-state index is 0.270. The Hall–Kier alpha value is -1.06. The molecule has 0 atom stereocenters. The van der Waals surface area contributed by atoms with Crippen molar-refractivity contribution >= 4 is 17.5 Å². The van der Waals surface area contributed by atoms with Crippen molar-refractivity contribution in [2.24, 2.45) is 0 Å². The Morgan fingerprint density at radius 3 is 2.83 bits per heavy atom. The van der Waals surface area contributed by atoms with Crippen LogP contribution in [0.3, 0.4) is 0 Å². The topological polar surface area (TPSA) is 32.3 Å². The van der Waals surface area contributed by atoms with Crippen molar-refractivity contribution in [1.29, 1.82) is 0 Å². The van der Waals surface area contributed by atoms with Crippen LogP contribution in [-0.2, 0) is 11.3 Å². The van der Waals surface area contributed by atoms with E-state index in [-0.39, 0.29) is 5.91 Å². The van der Waals surface area contributed by atoms with Gasteiger partial charge in [-0.15, -0.1) is 0 Å². The average molecular weight is 267 g/mol. The summed E-state index contributed by atoms with van der Waals surface area (Å²) in [5.74, 6) is 0.270. The molecular weight excluding hydrogens is 248 g/mol. The van der Waals surface area contributed by atoms with E-state index in [1.165, 1.54) is 0 Å². The third-order valence-corrected chi connectivity index (χ3v) is 3.43. The second-order valence-corrected chi connectivity index (χ2v) is 5.08. The standard InChI is InChI=1S/C14H19ClN2O/c15-13-5-3-4-12(10-13)11-16-7-6-14(18)17-8-1-2-9-17/h3-5,10,16H,1-2,6-9,11H2. The number of benzene rings is 1. The molecule has 1 fully saturated rings. The first-order chi connectivity index (χ1) is 8.75. The first-order valence-corrected chi connectivity index (χ1v) is 6.86. The number of halogens is 1. The SMILES string of the molecule is O=C(CCNCc1cccc(Cl)c1)N1CCCC1. The Morgan fingerprint density at radius 2 is 2.11 bits per heavy atom. The molecule has 1 aliphatic rings. The van der Waals surface area contributed by atoms with Gasteiger partial charge in [0.2, 0.25) is 5.91 Å². The second kappa shape index (κ2) is 6.76. The molecule has 0 unspecified atom stereocenters. The van der Waals surface area contributed by atoms with Crippen LogP contribution in [0.1, 0.15) is 24.8 Å². The van der Waals surface area contributed by atoms with Crippen molar-refractivity contribution in [3.63, 3.8) is 0 Å². The van der Waals surface area contributed by atoms with Gasteiger partial charge < -0.3 is 10.2 Å². The van der Waals surface area contributed by atoms with Crippen molar-refractivity contribution in [2.45, 2.75) is 25.8 Å². The zero-order valence-corrected chi connectivity index (χ0v) is 11.2. The predicted molar refractivity (Wildman–Crippen MR) is 73.6 cm³/mol. The lowest BCUT2D eigenvalue weighted by molar-refractivity contribution is -0.130. The van der Waals surface area contributed by atoms with Crippen LogP contribution >= 0.6 is 11.6 Å². The second-order valence-electron chi connectivity index (χ2n) is 4.64. The van der Waals surface area contributed by atoms with E-state index in [9.17, 15) is 4.79 Å². The van der Waals surface area contributed by atoms with Gasteiger partial charge in [0.05, 0.1) is 0 Å². The Kier molecular flexibility index (Phi) is 5.02. The number of rotatable bonds is 5. The molecule has 1 aromatic rings. The van der Waals surface area contributed by atoms with Crippen LogP contribution in [0.2, 0.25) is 5.02 Å². The van der Waals surface area contributed by atoms with Crippen LogP contribution in [0.15, 0.2) is 24.3 Å². The fourth-order valence-corrected chi connectivity index (χ4v) is 2.41. The molecule has 3 nitrogen and oxygen atoms in total. The molecule has 0 saturated carbocycles. The van der Waals surface area contributed by atoms with Gasteiger partial charge in [-0.25, -0.2) is 0 Å². The molecule has 1 N–H and O–H groups in total. The monoisotopic (exact) mass is 266 g/mol. The Balaban J connectivity index is 1.65. The number of nitrogens with one attached hydrogen (secondary N) is 1. The van der Waals surface area contributed by atoms with Crippen LogP contribution < -0.4 is 5.32 Å². The predicted octanol–water partition coefficient (Wildman–Crippen LogP) is 2.44. The van der Waals surface area contributed by atoms with Crippen LogP contribution in [0.5, 0.6) is 0 Å². The van der Waals surface area contributed by atoms with Crippen molar-refractivity contribution in [3.05, 3.63) is 34.9 Å². The molecule has 1 aromatic carbocycles. The summed E-state index contributed by atoms with van der Waals surface area (Å²) in [5, 5.41) is 4.03. The van der Waals surface area contributed by atoms with Crippen LogP contribution in [-0.4, -0.2) is 30.4 Å². The minimum Gasteiger partial charge on any atom is -0.343 e. The van der Waals surface area contributed by atoms with Crippen molar-refractivity contribution in [2.75, 3.05) is 19.6 Å². The largest absolute Gasteiger partial charge is 0.343 e. The van der Waals surface area contributed by atoms with E-state index in [4.69, 9.17) is 11.6 Å². The molecule has 0 radical (unpaired) electrons. The number of carbonyl (C=O) groups is 1. The van der Waals surface area contributed by atoms with Gasteiger partial charge in [0, 0.05) is 37.6 Å². The fraction of sp³-hybridized carbons (Fsp3) is 0.500. The summed E-state index contributed by atoms with van der Waals surface area (Å²) in [5.41, 5.74) is 1.15. The third-order valence-electron chi connectivity index (χ3n) is 3.19. The zero-order valence-electron chi connectivity index (χ0n) is 10.5. The smallest absolute Gasteiger partial charge is 0.223 e. The molecular formula is C14H19ClN2O. The molecule has 0 aromatic heterocycles. The molecule has 2 rings (SSSR count). The maximum atomic E-state index is 11.8. The third kappa shape index (κ3) is 4.00. The van der Waals surface area contributed by atoms with E-state index in [2.05, 4.69) is 5.32 Å². The van der Waals surface area contributed by atoms with Crippen LogP contribution in [0, 0.1) is 0 Å². The van der Waals surface area contributed by atoms with E-state index in [1.54, 1.807) is 0 Å². The molecule has 1 saturated heterocycles. The summed E-state index contributed by atoms with van der Waals surface area (Å²) in [4.78, 5) is 13.7. The van der Waals surface area contributed by atoms with Gasteiger partial charge in [0.25, 0.3) is 0 Å². The number of carbonyl (C=O) groups excluding carboxylic acids is 1. The van der Waals surface area contributed by atoms with E-state index >= 15 is 0 Å². The maximum Gasteiger partial charge on any atom is 0.223 e. The van der Waals surface area contributed by atoms with Gasteiger partial charge >= 0.3 is 0 Å². The van der Waals surface area contributed by atoms with Gasteiger partial charge in [-0.05, 0) is 30.5 Å². The number of nitrogens with zero attached hydrogens (tertiary/aromatic N) is 1. The first-order valence-electron chi connectivity index (χ1n) is 6.48. The van der Waals surface area contributed by atoms with Gasteiger partial charge in [0.1, 0.15) is 0 Å². The zero-order chi connectivity index (χ0) is 12.8. The van der Waals surface area contributed by atoms with Crippen LogP contribution in [0.25, 0.3) is 0 Å². The molecule has 1 aliphatic heterocycles. The van der Waals surface area contributed by atoms with Gasteiger partial charge in [-0.3, -0.25) is 4.79 Å². The summed E-state index contributed by atoms with van der Waals surface area (Å²) in [7, 11) is 0. The Morgan fingerprint density at radius 1 is 1.33 bits per heavy atom. The van der Waals surface area contributed by atoms with E-state index in [0.29, 0.717) is 6.42 Å². The molecule has 4 heteroatoms. The molecule has 0 aliphatic carbocycles. The summed E-state index contributed by atoms with van der Waals surface area (Å²) in [6.45, 7) is 3.36. The molecule has 98 valence electrons. The quantitative estimate of drug-likeness (QED) is 0.831.